The molecule has 140 valence electrons. The lowest BCUT2D eigenvalue weighted by molar-refractivity contribution is 0.193. The summed E-state index contributed by atoms with van der Waals surface area (Å²) < 4.78 is 5.48. The molecule has 2 aromatic carbocycles. The van der Waals surface area contributed by atoms with Crippen molar-refractivity contribution in [2.24, 2.45) is 0 Å². The number of nitrogens with one attached hydrogen (secondary N) is 1. The number of carbonyl (C=O) groups excluding carboxylic acids is 1. The van der Waals surface area contributed by atoms with Crippen molar-refractivity contribution >= 4 is 11.7 Å². The third-order valence-electron chi connectivity index (χ3n) is 4.82. The molecule has 28 heavy (non-hydrogen) atoms. The Morgan fingerprint density at radius 1 is 1.21 bits per heavy atom. The summed E-state index contributed by atoms with van der Waals surface area (Å²) in [6, 6.07) is 16.3. The van der Waals surface area contributed by atoms with Crippen LogP contribution in [0, 0.1) is 18.3 Å². The minimum atomic E-state index is -0.245. The van der Waals surface area contributed by atoms with E-state index in [4.69, 9.17) is 9.78 Å². The number of likely N-dealkylation sites (tertiary alicyclic amines) is 1. The third kappa shape index (κ3) is 3.58. The first kappa shape index (κ1) is 17.7. The first-order valence-corrected chi connectivity index (χ1v) is 9.12. The lowest BCUT2D eigenvalue weighted by Gasteiger charge is -2.22. The Morgan fingerprint density at radius 2 is 1.96 bits per heavy atom. The molecule has 1 atom stereocenters. The van der Waals surface area contributed by atoms with Crippen LogP contribution >= 0.6 is 0 Å². The minimum Gasteiger partial charge on any atom is -0.337 e. The van der Waals surface area contributed by atoms with Crippen LogP contribution in [0.5, 0.6) is 0 Å². The molecule has 1 aliphatic rings. The minimum absolute atomic E-state index is 0.220. The number of urea groups is 1. The number of aromatic nitrogens is 2. The van der Waals surface area contributed by atoms with Crippen molar-refractivity contribution in [1.29, 1.82) is 5.26 Å². The Labute approximate surface area is 162 Å². The summed E-state index contributed by atoms with van der Waals surface area (Å²) in [5.74, 6) is 0.970. The summed E-state index contributed by atoms with van der Waals surface area (Å²) in [6.07, 6.45) is 1.64. The zero-order valence-electron chi connectivity index (χ0n) is 15.4. The maximum Gasteiger partial charge on any atom is 0.322 e. The molecule has 0 spiro atoms. The molecule has 1 saturated heterocycles. The summed E-state index contributed by atoms with van der Waals surface area (Å²) in [6.45, 7) is 2.64. The van der Waals surface area contributed by atoms with Gasteiger partial charge in [0.15, 0.2) is 0 Å². The highest BCUT2D eigenvalue weighted by atomic mass is 16.5. The average Bonchev–Trinajstić information content (AvgIpc) is 3.38. The normalized spacial score (nSPS) is 16.0. The standard InChI is InChI=1S/C21H19N5O2/c1-14-4-8-16(9-5-14)19-24-20(28-25-19)18-3-2-12-26(18)21(27)23-17-10-6-15(13-22)7-11-17/h4-11,18H,2-3,12H2,1H3,(H,23,27)/t18-/m0/s1. The van der Waals surface area contributed by atoms with Crippen LogP contribution in [0.15, 0.2) is 53.1 Å². The number of hydrogen-bond acceptors (Lipinski definition) is 5. The SMILES string of the molecule is Cc1ccc(-c2noc([C@@H]3CCCN3C(=O)Nc3ccc(C#N)cc3)n2)cc1. The highest BCUT2D eigenvalue weighted by Gasteiger charge is 2.34. The van der Waals surface area contributed by atoms with Gasteiger partial charge in [-0.15, -0.1) is 0 Å². The van der Waals surface area contributed by atoms with E-state index in [1.54, 1.807) is 29.2 Å². The Bertz CT molecular complexity index is 1020. The predicted molar refractivity (Wildman–Crippen MR) is 103 cm³/mol. The van der Waals surface area contributed by atoms with Gasteiger partial charge in [-0.2, -0.15) is 10.2 Å². The number of nitrogens with zero attached hydrogens (tertiary/aromatic N) is 4. The van der Waals surface area contributed by atoms with Crippen LogP contribution in [0.1, 0.15) is 35.9 Å². The molecular weight excluding hydrogens is 354 g/mol. The lowest BCUT2D eigenvalue weighted by Crippen LogP contribution is -2.34. The van der Waals surface area contributed by atoms with Gasteiger partial charge >= 0.3 is 6.03 Å². The van der Waals surface area contributed by atoms with Gasteiger partial charge in [0.25, 0.3) is 0 Å². The van der Waals surface area contributed by atoms with E-state index in [1.165, 1.54) is 0 Å². The van der Waals surface area contributed by atoms with Gasteiger partial charge in [-0.25, -0.2) is 4.79 Å². The van der Waals surface area contributed by atoms with Crippen LogP contribution in [0.3, 0.4) is 0 Å². The van der Waals surface area contributed by atoms with Crippen LogP contribution in [-0.4, -0.2) is 27.6 Å². The molecule has 1 aliphatic heterocycles. The highest BCUT2D eigenvalue weighted by Crippen LogP contribution is 2.32. The molecular formula is C21H19N5O2. The van der Waals surface area contributed by atoms with Gasteiger partial charge in [0.05, 0.1) is 11.6 Å². The largest absolute Gasteiger partial charge is 0.337 e. The molecule has 3 aromatic rings. The molecule has 2 amide bonds. The lowest BCUT2D eigenvalue weighted by atomic mass is 10.1. The summed E-state index contributed by atoms with van der Waals surface area (Å²) >= 11 is 0. The van der Waals surface area contributed by atoms with Crippen molar-refractivity contribution in [1.82, 2.24) is 15.0 Å². The number of rotatable bonds is 3. The van der Waals surface area contributed by atoms with Gasteiger partial charge in [-0.3, -0.25) is 0 Å². The number of anilines is 1. The van der Waals surface area contributed by atoms with Gasteiger partial charge < -0.3 is 14.7 Å². The van der Waals surface area contributed by atoms with Gasteiger partial charge in [-0.05, 0) is 44.0 Å². The highest BCUT2D eigenvalue weighted by molar-refractivity contribution is 5.89. The van der Waals surface area contributed by atoms with Crippen LogP contribution in [-0.2, 0) is 0 Å². The number of hydrogen-bond donors (Lipinski definition) is 1. The Morgan fingerprint density at radius 3 is 2.68 bits per heavy atom. The molecule has 0 unspecified atom stereocenters. The van der Waals surface area contributed by atoms with Crippen molar-refractivity contribution in [2.75, 3.05) is 11.9 Å². The molecule has 0 aliphatic carbocycles. The number of benzene rings is 2. The maximum absolute atomic E-state index is 12.7. The molecule has 4 rings (SSSR count). The predicted octanol–water partition coefficient (Wildman–Crippen LogP) is 4.29. The zero-order chi connectivity index (χ0) is 19.5. The Kier molecular flexibility index (Phi) is 4.77. The van der Waals surface area contributed by atoms with Crippen LogP contribution < -0.4 is 5.32 Å². The van der Waals surface area contributed by atoms with E-state index >= 15 is 0 Å². The fraction of sp³-hybridized carbons (Fsp3) is 0.238. The Balaban J connectivity index is 1.49. The topological polar surface area (TPSA) is 95.0 Å². The fourth-order valence-corrected chi connectivity index (χ4v) is 3.28. The number of nitriles is 1. The van der Waals surface area contributed by atoms with E-state index in [2.05, 4.69) is 21.5 Å². The van der Waals surface area contributed by atoms with Crippen LogP contribution in [0.25, 0.3) is 11.4 Å². The number of amides is 2. The molecule has 0 bridgehead atoms. The summed E-state index contributed by atoms with van der Waals surface area (Å²) in [5.41, 5.74) is 3.23. The van der Waals surface area contributed by atoms with Gasteiger partial charge in [0, 0.05) is 17.8 Å². The molecule has 1 N–H and O–H groups in total. The second kappa shape index (κ2) is 7.53. The van der Waals surface area contributed by atoms with E-state index in [0.717, 1.165) is 24.0 Å². The fourth-order valence-electron chi connectivity index (χ4n) is 3.28. The molecule has 2 heterocycles. The molecule has 1 aromatic heterocycles. The van der Waals surface area contributed by atoms with E-state index in [1.807, 2.05) is 31.2 Å². The molecule has 7 heteroatoms. The van der Waals surface area contributed by atoms with Crippen molar-refractivity contribution in [3.63, 3.8) is 0 Å². The summed E-state index contributed by atoms with van der Waals surface area (Å²) in [7, 11) is 0. The first-order chi connectivity index (χ1) is 13.6. The summed E-state index contributed by atoms with van der Waals surface area (Å²) in [5, 5.41) is 15.8. The van der Waals surface area contributed by atoms with Crippen molar-refractivity contribution in [3.05, 3.63) is 65.5 Å². The zero-order valence-corrected chi connectivity index (χ0v) is 15.4. The second-order valence-corrected chi connectivity index (χ2v) is 6.79. The van der Waals surface area contributed by atoms with E-state index in [-0.39, 0.29) is 12.1 Å². The van der Waals surface area contributed by atoms with Gasteiger partial charge in [-0.1, -0.05) is 35.0 Å². The quantitative estimate of drug-likeness (QED) is 0.739. The molecule has 0 saturated carbocycles. The van der Waals surface area contributed by atoms with Crippen molar-refractivity contribution in [2.45, 2.75) is 25.8 Å². The van der Waals surface area contributed by atoms with E-state index in [9.17, 15) is 4.79 Å². The monoisotopic (exact) mass is 373 g/mol. The Hall–Kier alpha value is -3.66. The molecule has 7 nitrogen and oxygen atoms in total. The van der Waals surface area contributed by atoms with Crippen molar-refractivity contribution in [3.8, 4) is 17.5 Å². The molecule has 1 fully saturated rings. The summed E-state index contributed by atoms with van der Waals surface area (Å²) in [4.78, 5) is 19.0. The van der Waals surface area contributed by atoms with E-state index in [0.29, 0.717) is 29.5 Å². The second-order valence-electron chi connectivity index (χ2n) is 6.79. The van der Waals surface area contributed by atoms with Crippen LogP contribution in [0.2, 0.25) is 0 Å². The smallest absolute Gasteiger partial charge is 0.322 e. The molecule has 0 radical (unpaired) electrons. The van der Waals surface area contributed by atoms with Gasteiger partial charge in [0.2, 0.25) is 11.7 Å². The number of aryl methyl sites for hydroxylation is 1. The van der Waals surface area contributed by atoms with Crippen LogP contribution in [0.4, 0.5) is 10.5 Å². The third-order valence-corrected chi connectivity index (χ3v) is 4.82. The van der Waals surface area contributed by atoms with Crippen molar-refractivity contribution < 1.29 is 9.32 Å². The van der Waals surface area contributed by atoms with E-state index < -0.39 is 0 Å². The number of carbonyl (C=O) groups is 1. The maximum atomic E-state index is 12.7. The average molecular weight is 373 g/mol. The van der Waals surface area contributed by atoms with Gasteiger partial charge in [0.1, 0.15) is 6.04 Å². The first-order valence-electron chi connectivity index (χ1n) is 9.12.